The number of esters is 1. The number of nitrogen functional groups attached to an aromatic ring is 1. The van der Waals surface area contributed by atoms with Crippen molar-refractivity contribution in [1.29, 1.82) is 0 Å². The van der Waals surface area contributed by atoms with Gasteiger partial charge in [-0.25, -0.2) is 4.79 Å². The Morgan fingerprint density at radius 3 is 2.71 bits per heavy atom. The summed E-state index contributed by atoms with van der Waals surface area (Å²) in [5.74, 6) is -0.595. The molecule has 76 valence electrons. The maximum Gasteiger partial charge on any atom is 0.356 e. The Bertz CT molecular complexity index is 409. The van der Waals surface area contributed by atoms with Gasteiger partial charge in [-0.15, -0.1) is 0 Å². The van der Waals surface area contributed by atoms with Crippen LogP contribution in [-0.2, 0) is 11.3 Å². The molecule has 0 aromatic carbocycles. The molecule has 0 aliphatic rings. The number of ether oxygens (including phenoxy) is 1. The second-order valence-corrected chi connectivity index (χ2v) is 2.71. The number of carbonyl (C=O) groups excluding carboxylic acids is 1. The van der Waals surface area contributed by atoms with Crippen LogP contribution in [0.5, 0.6) is 0 Å². The van der Waals surface area contributed by atoms with Crippen molar-refractivity contribution < 1.29 is 9.53 Å². The summed E-state index contributed by atoms with van der Waals surface area (Å²) in [5.41, 5.74) is 5.68. The van der Waals surface area contributed by atoms with Crippen molar-refractivity contribution in [1.82, 2.24) is 4.57 Å². The van der Waals surface area contributed by atoms with Crippen LogP contribution in [0.2, 0.25) is 0 Å². The molecule has 2 N–H and O–H groups in total. The fourth-order valence-corrected chi connectivity index (χ4v) is 1.23. The predicted octanol–water partition coefficient (Wildman–Crippen LogP) is 0.237. The Labute approximate surface area is 81.1 Å². The molecular weight excluding hydrogens is 184 g/mol. The van der Waals surface area contributed by atoms with Crippen LogP contribution in [0.4, 0.5) is 5.69 Å². The van der Waals surface area contributed by atoms with Crippen molar-refractivity contribution >= 4 is 11.7 Å². The lowest BCUT2D eigenvalue weighted by atomic mass is 10.3. The van der Waals surface area contributed by atoms with E-state index in [4.69, 9.17) is 5.73 Å². The van der Waals surface area contributed by atoms with Crippen LogP contribution in [-0.4, -0.2) is 17.6 Å². The van der Waals surface area contributed by atoms with Crippen LogP contribution in [0.25, 0.3) is 0 Å². The van der Waals surface area contributed by atoms with Crippen molar-refractivity contribution in [2.24, 2.45) is 0 Å². The second kappa shape index (κ2) is 3.95. The van der Waals surface area contributed by atoms with Crippen LogP contribution in [0, 0.1) is 0 Å². The highest BCUT2D eigenvalue weighted by Crippen LogP contribution is 2.09. The summed E-state index contributed by atoms with van der Waals surface area (Å²) in [6, 6.07) is 2.73. The minimum atomic E-state index is -0.595. The summed E-state index contributed by atoms with van der Waals surface area (Å²) in [5, 5.41) is 0. The highest BCUT2D eigenvalue weighted by molar-refractivity contribution is 5.92. The first-order valence-electron chi connectivity index (χ1n) is 4.19. The van der Waals surface area contributed by atoms with Crippen molar-refractivity contribution in [3.8, 4) is 0 Å². The van der Waals surface area contributed by atoms with Crippen LogP contribution in [0.15, 0.2) is 16.9 Å². The molecule has 0 amide bonds. The number of nitrogens with two attached hydrogens (primary N) is 1. The SMILES string of the molecule is CCn1c(C(=O)OC)c(N)ccc1=O. The molecule has 0 fully saturated rings. The number of anilines is 1. The average Bonchev–Trinajstić information content (AvgIpc) is 2.19. The number of hydrogen-bond donors (Lipinski definition) is 1. The van der Waals surface area contributed by atoms with E-state index in [0.717, 1.165) is 0 Å². The molecule has 0 radical (unpaired) electrons. The maximum atomic E-state index is 11.3. The molecule has 0 atom stereocenters. The Morgan fingerprint density at radius 2 is 2.21 bits per heavy atom. The largest absolute Gasteiger partial charge is 0.464 e. The summed E-state index contributed by atoms with van der Waals surface area (Å²) in [6.07, 6.45) is 0. The van der Waals surface area contributed by atoms with Crippen LogP contribution < -0.4 is 11.3 Å². The lowest BCUT2D eigenvalue weighted by molar-refractivity contribution is 0.0588. The van der Waals surface area contributed by atoms with Gasteiger partial charge in [-0.2, -0.15) is 0 Å². The molecule has 0 aliphatic heterocycles. The average molecular weight is 196 g/mol. The highest BCUT2D eigenvalue weighted by atomic mass is 16.5. The van der Waals surface area contributed by atoms with Crippen LogP contribution >= 0.6 is 0 Å². The molecule has 0 saturated heterocycles. The lowest BCUT2D eigenvalue weighted by Crippen LogP contribution is -2.26. The molecule has 14 heavy (non-hydrogen) atoms. The third kappa shape index (κ3) is 1.61. The van der Waals surface area contributed by atoms with E-state index >= 15 is 0 Å². The summed E-state index contributed by atoms with van der Waals surface area (Å²) in [4.78, 5) is 22.6. The Morgan fingerprint density at radius 1 is 1.57 bits per heavy atom. The van der Waals surface area contributed by atoms with Gasteiger partial charge in [-0.1, -0.05) is 0 Å². The van der Waals surface area contributed by atoms with Gasteiger partial charge in [-0.05, 0) is 13.0 Å². The molecule has 1 aromatic heterocycles. The van der Waals surface area contributed by atoms with Gasteiger partial charge in [0.15, 0.2) is 5.69 Å². The third-order valence-corrected chi connectivity index (χ3v) is 1.91. The van der Waals surface area contributed by atoms with Crippen molar-refractivity contribution in [3.05, 3.63) is 28.2 Å². The van der Waals surface area contributed by atoms with Crippen molar-refractivity contribution in [2.75, 3.05) is 12.8 Å². The highest BCUT2D eigenvalue weighted by Gasteiger charge is 2.15. The molecule has 5 nitrogen and oxygen atoms in total. The molecule has 0 bridgehead atoms. The van der Waals surface area contributed by atoms with Gasteiger partial charge in [0.2, 0.25) is 0 Å². The fourth-order valence-electron chi connectivity index (χ4n) is 1.23. The van der Waals surface area contributed by atoms with Gasteiger partial charge in [0.05, 0.1) is 12.8 Å². The molecule has 5 heteroatoms. The zero-order valence-corrected chi connectivity index (χ0v) is 8.11. The lowest BCUT2D eigenvalue weighted by Gasteiger charge is -2.10. The van der Waals surface area contributed by atoms with E-state index in [-0.39, 0.29) is 16.9 Å². The van der Waals surface area contributed by atoms with E-state index < -0.39 is 5.97 Å². The monoisotopic (exact) mass is 196 g/mol. The topological polar surface area (TPSA) is 74.3 Å². The standard InChI is InChI=1S/C9H12N2O3/c1-3-11-7(12)5-4-6(10)8(11)9(13)14-2/h4-5H,3,10H2,1-2H3. The summed E-state index contributed by atoms with van der Waals surface area (Å²) in [6.45, 7) is 2.14. The van der Waals surface area contributed by atoms with Gasteiger partial charge in [-0.3, -0.25) is 4.79 Å². The van der Waals surface area contributed by atoms with Crippen molar-refractivity contribution in [3.63, 3.8) is 0 Å². The number of rotatable bonds is 2. The summed E-state index contributed by atoms with van der Waals surface area (Å²) < 4.78 is 5.81. The molecule has 1 aromatic rings. The van der Waals surface area contributed by atoms with Gasteiger partial charge >= 0.3 is 5.97 Å². The minimum Gasteiger partial charge on any atom is -0.464 e. The number of methoxy groups -OCH3 is 1. The maximum absolute atomic E-state index is 11.3. The molecule has 1 rings (SSSR count). The Hall–Kier alpha value is -1.78. The number of carbonyl (C=O) groups is 1. The zero-order chi connectivity index (χ0) is 10.7. The number of hydrogen-bond acceptors (Lipinski definition) is 4. The summed E-state index contributed by atoms with van der Waals surface area (Å²) >= 11 is 0. The quantitative estimate of drug-likeness (QED) is 0.687. The first-order valence-corrected chi connectivity index (χ1v) is 4.19. The molecule has 0 aliphatic carbocycles. The third-order valence-electron chi connectivity index (χ3n) is 1.91. The van der Waals surface area contributed by atoms with E-state index in [1.54, 1.807) is 6.92 Å². The fraction of sp³-hybridized carbons (Fsp3) is 0.333. The molecule has 0 unspecified atom stereocenters. The normalized spacial score (nSPS) is 9.86. The van der Waals surface area contributed by atoms with E-state index in [2.05, 4.69) is 4.74 Å². The van der Waals surface area contributed by atoms with Crippen LogP contribution in [0.3, 0.4) is 0 Å². The van der Waals surface area contributed by atoms with Gasteiger partial charge < -0.3 is 15.0 Å². The Kier molecular flexibility index (Phi) is 2.91. The number of pyridine rings is 1. The summed E-state index contributed by atoms with van der Waals surface area (Å²) in [7, 11) is 1.25. The molecular formula is C9H12N2O3. The van der Waals surface area contributed by atoms with Crippen LogP contribution in [0.1, 0.15) is 17.4 Å². The molecule has 0 spiro atoms. The first-order chi connectivity index (χ1) is 6.61. The Balaban J connectivity index is 3.45. The first kappa shape index (κ1) is 10.3. The van der Waals surface area contributed by atoms with E-state index in [9.17, 15) is 9.59 Å². The van der Waals surface area contributed by atoms with Gasteiger partial charge in [0.1, 0.15) is 0 Å². The molecule has 0 saturated carbocycles. The minimum absolute atomic E-state index is 0.113. The number of nitrogens with zero attached hydrogens (tertiary/aromatic N) is 1. The van der Waals surface area contributed by atoms with Crippen molar-refractivity contribution in [2.45, 2.75) is 13.5 Å². The van der Waals surface area contributed by atoms with E-state index in [1.807, 2.05) is 0 Å². The van der Waals surface area contributed by atoms with Gasteiger partial charge in [0.25, 0.3) is 5.56 Å². The number of aromatic nitrogens is 1. The van der Waals surface area contributed by atoms with Gasteiger partial charge in [0, 0.05) is 12.6 Å². The zero-order valence-electron chi connectivity index (χ0n) is 8.11. The molecule has 1 heterocycles. The second-order valence-electron chi connectivity index (χ2n) is 2.71. The predicted molar refractivity (Wildman–Crippen MR) is 52.1 cm³/mol. The smallest absolute Gasteiger partial charge is 0.356 e. The van der Waals surface area contributed by atoms with E-state index in [0.29, 0.717) is 6.54 Å². The van der Waals surface area contributed by atoms with E-state index in [1.165, 1.54) is 23.8 Å².